The third-order valence-corrected chi connectivity index (χ3v) is 7.02. The average Bonchev–Trinajstić information content (AvgIpc) is 3.63. The quantitative estimate of drug-likeness (QED) is 0.438. The molecule has 182 valence electrons. The number of alkyl halides is 1. The van der Waals surface area contributed by atoms with E-state index in [1.165, 1.54) is 6.20 Å². The van der Waals surface area contributed by atoms with Crippen molar-refractivity contribution in [2.45, 2.75) is 37.2 Å². The van der Waals surface area contributed by atoms with Gasteiger partial charge in [0, 0.05) is 43.7 Å². The summed E-state index contributed by atoms with van der Waals surface area (Å²) in [5, 5.41) is 10.2. The number of carbonyl (C=O) groups is 1. The van der Waals surface area contributed by atoms with E-state index in [0.717, 1.165) is 17.0 Å². The summed E-state index contributed by atoms with van der Waals surface area (Å²) in [6.45, 7) is 1.09. The molecule has 10 nitrogen and oxygen atoms in total. The molecule has 1 saturated heterocycles. The molecule has 1 unspecified atom stereocenters. The molecule has 6 rings (SSSR count). The molecule has 2 N–H and O–H groups in total. The number of nitrogens with zero attached hydrogens (tertiary/aromatic N) is 5. The van der Waals surface area contributed by atoms with Crippen molar-refractivity contribution in [2.75, 3.05) is 32.7 Å². The van der Waals surface area contributed by atoms with E-state index in [2.05, 4.69) is 20.3 Å². The fourth-order valence-electron chi connectivity index (χ4n) is 4.84. The van der Waals surface area contributed by atoms with Crippen LogP contribution in [0.15, 0.2) is 36.8 Å². The highest BCUT2D eigenvalue weighted by atomic mass is 19.1. The van der Waals surface area contributed by atoms with Gasteiger partial charge in [0.2, 0.25) is 0 Å². The minimum atomic E-state index is -1.01. The summed E-state index contributed by atoms with van der Waals surface area (Å²) in [5.74, 6) is 1.09. The molecule has 0 aromatic carbocycles. The second-order valence-electron chi connectivity index (χ2n) is 8.95. The molecule has 4 aliphatic rings. The molecule has 2 fully saturated rings. The van der Waals surface area contributed by atoms with Crippen molar-refractivity contribution in [1.29, 1.82) is 0 Å². The first kappa shape index (κ1) is 21.9. The van der Waals surface area contributed by atoms with Crippen molar-refractivity contribution < 1.29 is 18.7 Å². The summed E-state index contributed by atoms with van der Waals surface area (Å²) in [5.41, 5.74) is 3.09. The minimum Gasteiger partial charge on any atom is -0.377 e. The van der Waals surface area contributed by atoms with Gasteiger partial charge in [0.05, 0.1) is 37.2 Å². The van der Waals surface area contributed by atoms with Gasteiger partial charge in [-0.15, -0.1) is 0 Å². The molecule has 0 spiro atoms. The predicted molar refractivity (Wildman–Crippen MR) is 126 cm³/mol. The highest BCUT2D eigenvalue weighted by Gasteiger charge is 2.34. The zero-order valence-electron chi connectivity index (χ0n) is 19.4. The van der Waals surface area contributed by atoms with E-state index < -0.39 is 12.2 Å². The van der Waals surface area contributed by atoms with Crippen molar-refractivity contribution >= 4 is 17.4 Å². The minimum absolute atomic E-state index is 0.0192. The molecule has 35 heavy (non-hydrogen) atoms. The Kier molecular flexibility index (Phi) is 5.37. The van der Waals surface area contributed by atoms with Crippen LogP contribution in [0.1, 0.15) is 29.2 Å². The summed E-state index contributed by atoms with van der Waals surface area (Å²) >= 11 is 0. The Labute approximate surface area is 200 Å². The summed E-state index contributed by atoms with van der Waals surface area (Å²) in [4.78, 5) is 22.4. The van der Waals surface area contributed by atoms with Crippen LogP contribution in [0, 0.1) is 0 Å². The maximum Gasteiger partial charge on any atom is 0.257 e. The topological polar surface area (TPSA) is 108 Å². The van der Waals surface area contributed by atoms with E-state index in [-0.39, 0.29) is 18.1 Å². The highest BCUT2D eigenvalue weighted by molar-refractivity contribution is 6.00. The normalized spacial score (nSPS) is 24.1. The molecule has 2 aromatic heterocycles. The third-order valence-electron chi connectivity index (χ3n) is 7.02. The smallest absolute Gasteiger partial charge is 0.257 e. The number of hydrogen-bond acceptors (Lipinski definition) is 7. The van der Waals surface area contributed by atoms with Gasteiger partial charge >= 0.3 is 0 Å². The number of ether oxygens (including phenoxy) is 2. The van der Waals surface area contributed by atoms with Crippen LogP contribution in [0.4, 0.5) is 10.2 Å². The van der Waals surface area contributed by atoms with E-state index >= 15 is 0 Å². The molecule has 0 bridgehead atoms. The predicted octanol–water partition coefficient (Wildman–Crippen LogP) is 2.56. The summed E-state index contributed by atoms with van der Waals surface area (Å²) in [6.07, 6.45) is 5.29. The van der Waals surface area contributed by atoms with Crippen LogP contribution in [-0.2, 0) is 9.47 Å². The van der Waals surface area contributed by atoms with Crippen molar-refractivity contribution in [3.63, 3.8) is 0 Å². The second-order valence-corrected chi connectivity index (χ2v) is 8.95. The monoisotopic (exact) mass is 479 g/mol. The lowest BCUT2D eigenvalue weighted by atomic mass is 9.90. The summed E-state index contributed by atoms with van der Waals surface area (Å²) < 4.78 is 28.6. The van der Waals surface area contributed by atoms with Crippen LogP contribution in [-0.4, -0.2) is 75.7 Å². The average molecular weight is 480 g/mol. The Morgan fingerprint density at radius 3 is 2.89 bits per heavy atom. The third kappa shape index (κ3) is 3.53. The molecule has 11 heteroatoms. The highest BCUT2D eigenvalue weighted by Crippen LogP contribution is 2.37. The van der Waals surface area contributed by atoms with Crippen LogP contribution >= 0.6 is 0 Å². The lowest BCUT2D eigenvalue weighted by Crippen LogP contribution is -2.48. The number of methoxy groups -OCH3 is 1. The van der Waals surface area contributed by atoms with Gasteiger partial charge < -0.3 is 24.7 Å². The summed E-state index contributed by atoms with van der Waals surface area (Å²) in [7, 11) is 3.47. The van der Waals surface area contributed by atoms with E-state index in [1.54, 1.807) is 24.9 Å². The zero-order valence-corrected chi connectivity index (χ0v) is 19.4. The van der Waals surface area contributed by atoms with Gasteiger partial charge in [0.25, 0.3) is 5.91 Å². The van der Waals surface area contributed by atoms with Crippen molar-refractivity contribution in [2.24, 2.45) is 0 Å². The Morgan fingerprint density at radius 1 is 1.26 bits per heavy atom. The number of anilines is 1. The fourth-order valence-corrected chi connectivity index (χ4v) is 4.84. The van der Waals surface area contributed by atoms with Gasteiger partial charge in [-0.1, -0.05) is 0 Å². The van der Waals surface area contributed by atoms with Gasteiger partial charge in [-0.3, -0.25) is 4.79 Å². The first-order chi connectivity index (χ1) is 17.1. The molecule has 1 saturated carbocycles. The number of pyridine rings is 1. The van der Waals surface area contributed by atoms with E-state index in [1.807, 2.05) is 24.4 Å². The molecule has 5 heterocycles. The second kappa shape index (κ2) is 8.58. The van der Waals surface area contributed by atoms with Crippen LogP contribution in [0.3, 0.4) is 0 Å². The first-order valence-corrected chi connectivity index (χ1v) is 11.7. The van der Waals surface area contributed by atoms with E-state index in [4.69, 9.17) is 19.4 Å². The largest absolute Gasteiger partial charge is 0.377 e. The van der Waals surface area contributed by atoms with Crippen molar-refractivity contribution in [3.05, 3.63) is 42.4 Å². The fraction of sp³-hybridized carbons (Fsp3) is 0.417. The molecular weight excluding hydrogens is 453 g/mol. The van der Waals surface area contributed by atoms with Crippen LogP contribution in [0.2, 0.25) is 0 Å². The van der Waals surface area contributed by atoms with Gasteiger partial charge in [0.1, 0.15) is 29.5 Å². The molecule has 3 aliphatic heterocycles. The van der Waals surface area contributed by atoms with Gasteiger partial charge in [0.15, 0.2) is 5.65 Å². The van der Waals surface area contributed by atoms with Crippen LogP contribution in [0.25, 0.3) is 28.3 Å². The van der Waals surface area contributed by atoms with Gasteiger partial charge in [-0.05, 0) is 25.0 Å². The Balaban J connectivity index is 1.40. The lowest BCUT2D eigenvalue weighted by molar-refractivity contribution is 0.0686. The zero-order chi connectivity index (χ0) is 24.1. The molecular formula is C24H26FN7O3. The van der Waals surface area contributed by atoms with Crippen LogP contribution < -0.4 is 10.6 Å². The Hall–Kier alpha value is -3.57. The number of nitrogens with one attached hydrogen (secondary N) is 2. The SMILES string of the molecule is CNc1cc(-c2cnc3n([C@@H]4COC[C@H]4OC)cccc2-3)nc2c(C(=O)NC3CC[C@H]3F)cnn12. The van der Waals surface area contributed by atoms with Crippen molar-refractivity contribution in [3.8, 4) is 22.6 Å². The number of rotatable bonds is 6. The Bertz CT molecular complexity index is 1370. The number of fused-ring (bicyclic) bond motifs is 2. The van der Waals surface area contributed by atoms with Crippen LogP contribution in [0.5, 0.6) is 0 Å². The van der Waals surface area contributed by atoms with Gasteiger partial charge in [-0.2, -0.15) is 9.61 Å². The standard InChI is InChI=1S/C24H26FN7O3/c1-26-21-8-18(29-23-15(10-28-32(21)23)24(33)30-17-6-5-16(17)25)14-9-27-22-13(14)4-3-7-31(22)19-11-35-12-20(19)34-2/h3-4,7-10,16-17,19-20,26H,5-6,11-12H2,1-2H3,(H,30,33)/t16-,17?,19-,20-/m1/s1. The van der Waals surface area contributed by atoms with Gasteiger partial charge in [-0.25, -0.2) is 14.4 Å². The molecule has 1 amide bonds. The molecule has 2 aromatic rings. The number of hydrogen-bond donors (Lipinski definition) is 2. The number of carbonyl (C=O) groups excluding carboxylic acids is 1. The Morgan fingerprint density at radius 2 is 2.14 bits per heavy atom. The maximum absolute atomic E-state index is 13.7. The lowest BCUT2D eigenvalue weighted by Gasteiger charge is -2.30. The number of amides is 1. The maximum atomic E-state index is 13.7. The number of aromatic nitrogens is 5. The molecule has 0 radical (unpaired) electrons. The summed E-state index contributed by atoms with van der Waals surface area (Å²) in [6, 6.07) is 5.40. The first-order valence-electron chi connectivity index (χ1n) is 11.7. The van der Waals surface area contributed by atoms with Crippen molar-refractivity contribution in [1.82, 2.24) is 29.5 Å². The van der Waals surface area contributed by atoms with E-state index in [9.17, 15) is 9.18 Å². The number of halogens is 1. The molecule has 1 aliphatic carbocycles. The molecule has 4 atom stereocenters. The van der Waals surface area contributed by atoms with E-state index in [0.29, 0.717) is 48.8 Å².